The lowest BCUT2D eigenvalue weighted by molar-refractivity contribution is -0.384. The van der Waals surface area contributed by atoms with Gasteiger partial charge < -0.3 is 10.3 Å². The highest BCUT2D eigenvalue weighted by Crippen LogP contribution is 2.28. The molecule has 20 heavy (non-hydrogen) atoms. The smallest absolute Gasteiger partial charge is 0.280 e. The molecule has 2 aromatic rings. The number of nitrogens with two attached hydrogens (primary N) is 1. The van der Waals surface area contributed by atoms with Gasteiger partial charge in [-0.1, -0.05) is 30.6 Å². The van der Waals surface area contributed by atoms with Gasteiger partial charge in [-0.05, 0) is 12.5 Å². The van der Waals surface area contributed by atoms with Crippen LogP contribution in [-0.4, -0.2) is 21.6 Å². The number of hydrogen-bond donors (Lipinski definition) is 1. The minimum Gasteiger partial charge on any atom is -0.339 e. The zero-order valence-electron chi connectivity index (χ0n) is 11.2. The van der Waals surface area contributed by atoms with Gasteiger partial charge in [-0.3, -0.25) is 10.1 Å². The Hall–Kier alpha value is -2.28. The number of nitro groups is 1. The fraction of sp³-hybridized carbons (Fsp3) is 0.385. The summed E-state index contributed by atoms with van der Waals surface area (Å²) < 4.78 is 5.20. The van der Waals surface area contributed by atoms with Crippen molar-refractivity contribution in [2.24, 2.45) is 5.73 Å². The van der Waals surface area contributed by atoms with E-state index in [1.54, 1.807) is 18.2 Å². The molecule has 1 aromatic heterocycles. The highest BCUT2D eigenvalue weighted by Gasteiger charge is 2.22. The van der Waals surface area contributed by atoms with E-state index in [9.17, 15) is 10.1 Å². The summed E-state index contributed by atoms with van der Waals surface area (Å²) in [5.74, 6) is 0.647. The highest BCUT2D eigenvalue weighted by molar-refractivity contribution is 5.67. The van der Waals surface area contributed by atoms with E-state index in [0.29, 0.717) is 18.0 Å². The van der Waals surface area contributed by atoms with E-state index < -0.39 is 4.92 Å². The molecule has 1 aromatic carbocycles. The van der Waals surface area contributed by atoms with E-state index in [0.717, 1.165) is 12.8 Å². The molecule has 0 spiro atoms. The summed E-state index contributed by atoms with van der Waals surface area (Å²) in [6.07, 6.45) is 1.79. The van der Waals surface area contributed by atoms with Gasteiger partial charge in [0.15, 0.2) is 0 Å². The van der Waals surface area contributed by atoms with Crippen LogP contribution in [0.2, 0.25) is 0 Å². The molecule has 0 saturated carbocycles. The van der Waals surface area contributed by atoms with E-state index in [1.807, 2.05) is 6.92 Å². The Balaban J connectivity index is 2.36. The van der Waals surface area contributed by atoms with Gasteiger partial charge in [-0.2, -0.15) is 4.98 Å². The predicted octanol–water partition coefficient (Wildman–Crippen LogP) is 2.49. The molecule has 0 bridgehead atoms. The number of benzene rings is 1. The van der Waals surface area contributed by atoms with Crippen LogP contribution in [0, 0.1) is 10.1 Å². The monoisotopic (exact) mass is 276 g/mol. The Morgan fingerprint density at radius 2 is 2.20 bits per heavy atom. The van der Waals surface area contributed by atoms with Crippen LogP contribution in [0.25, 0.3) is 11.4 Å². The third-order valence-electron chi connectivity index (χ3n) is 3.05. The minimum absolute atomic E-state index is 0.0102. The number of para-hydroxylation sites is 1. The first-order valence-corrected chi connectivity index (χ1v) is 6.44. The standard InChI is InChI=1S/C13H16N4O3/c1-2-5-9(8-14)13-15-12(16-20-13)10-6-3-4-7-11(10)17(18)19/h3-4,6-7,9H,2,5,8,14H2,1H3. The molecule has 1 atom stereocenters. The molecule has 0 aliphatic heterocycles. The van der Waals surface area contributed by atoms with Crippen molar-refractivity contribution < 1.29 is 9.45 Å². The van der Waals surface area contributed by atoms with Crippen molar-refractivity contribution in [2.75, 3.05) is 6.54 Å². The van der Waals surface area contributed by atoms with Crippen LogP contribution in [0.5, 0.6) is 0 Å². The first kappa shape index (κ1) is 14.1. The Labute approximate surface area is 115 Å². The zero-order valence-corrected chi connectivity index (χ0v) is 11.2. The largest absolute Gasteiger partial charge is 0.339 e. The molecule has 0 saturated heterocycles. The van der Waals surface area contributed by atoms with Gasteiger partial charge in [0.05, 0.1) is 10.8 Å². The fourth-order valence-corrected chi connectivity index (χ4v) is 2.02. The van der Waals surface area contributed by atoms with Gasteiger partial charge in [0.1, 0.15) is 5.56 Å². The van der Waals surface area contributed by atoms with Gasteiger partial charge >= 0.3 is 0 Å². The van der Waals surface area contributed by atoms with Gasteiger partial charge in [-0.25, -0.2) is 0 Å². The summed E-state index contributed by atoms with van der Waals surface area (Å²) in [6, 6.07) is 6.31. The molecule has 106 valence electrons. The average molecular weight is 276 g/mol. The minimum atomic E-state index is -0.460. The lowest BCUT2D eigenvalue weighted by Gasteiger charge is -2.06. The summed E-state index contributed by atoms with van der Waals surface area (Å²) >= 11 is 0. The second-order valence-electron chi connectivity index (χ2n) is 4.45. The lowest BCUT2D eigenvalue weighted by atomic mass is 10.0. The Morgan fingerprint density at radius 1 is 1.45 bits per heavy atom. The maximum Gasteiger partial charge on any atom is 0.280 e. The molecule has 7 heteroatoms. The molecule has 0 aliphatic carbocycles. The van der Waals surface area contributed by atoms with Crippen LogP contribution in [0.4, 0.5) is 5.69 Å². The van der Waals surface area contributed by atoms with Crippen molar-refractivity contribution in [1.82, 2.24) is 10.1 Å². The van der Waals surface area contributed by atoms with Gasteiger partial charge in [0.25, 0.3) is 5.69 Å². The van der Waals surface area contributed by atoms with Crippen molar-refractivity contribution in [1.29, 1.82) is 0 Å². The molecule has 1 unspecified atom stereocenters. The molecule has 0 aliphatic rings. The van der Waals surface area contributed by atoms with Crippen molar-refractivity contribution >= 4 is 5.69 Å². The van der Waals surface area contributed by atoms with E-state index in [1.165, 1.54) is 6.07 Å². The van der Waals surface area contributed by atoms with Gasteiger partial charge in [-0.15, -0.1) is 0 Å². The number of rotatable bonds is 6. The number of hydrogen-bond acceptors (Lipinski definition) is 6. The molecule has 0 fully saturated rings. The number of nitro benzene ring substituents is 1. The fourth-order valence-electron chi connectivity index (χ4n) is 2.02. The Morgan fingerprint density at radius 3 is 2.85 bits per heavy atom. The van der Waals surface area contributed by atoms with Crippen molar-refractivity contribution in [3.63, 3.8) is 0 Å². The first-order chi connectivity index (χ1) is 9.67. The maximum absolute atomic E-state index is 11.0. The van der Waals surface area contributed by atoms with Crippen LogP contribution in [0.1, 0.15) is 31.6 Å². The quantitative estimate of drug-likeness (QED) is 0.641. The summed E-state index contributed by atoms with van der Waals surface area (Å²) in [5.41, 5.74) is 5.99. The van der Waals surface area contributed by atoms with Gasteiger partial charge in [0.2, 0.25) is 11.7 Å². The van der Waals surface area contributed by atoms with Crippen molar-refractivity contribution in [3.05, 3.63) is 40.3 Å². The first-order valence-electron chi connectivity index (χ1n) is 6.44. The molecule has 7 nitrogen and oxygen atoms in total. The molecule has 2 rings (SSSR count). The van der Waals surface area contributed by atoms with E-state index in [2.05, 4.69) is 10.1 Å². The molecular formula is C13H16N4O3. The van der Waals surface area contributed by atoms with E-state index >= 15 is 0 Å². The zero-order chi connectivity index (χ0) is 14.5. The third kappa shape index (κ3) is 2.83. The van der Waals surface area contributed by atoms with Crippen LogP contribution in [0.15, 0.2) is 28.8 Å². The highest BCUT2D eigenvalue weighted by atomic mass is 16.6. The topological polar surface area (TPSA) is 108 Å². The Bertz CT molecular complexity index is 597. The number of aromatic nitrogens is 2. The summed E-state index contributed by atoms with van der Waals surface area (Å²) in [7, 11) is 0. The second-order valence-corrected chi connectivity index (χ2v) is 4.45. The normalized spacial score (nSPS) is 12.3. The van der Waals surface area contributed by atoms with Crippen LogP contribution < -0.4 is 5.73 Å². The lowest BCUT2D eigenvalue weighted by Crippen LogP contribution is -2.12. The molecule has 2 N–H and O–H groups in total. The van der Waals surface area contributed by atoms with Crippen LogP contribution >= 0.6 is 0 Å². The average Bonchev–Trinajstić information content (AvgIpc) is 2.94. The maximum atomic E-state index is 11.0. The summed E-state index contributed by atoms with van der Waals surface area (Å²) in [5, 5.41) is 14.8. The van der Waals surface area contributed by atoms with E-state index in [4.69, 9.17) is 10.3 Å². The molecule has 1 heterocycles. The molecule has 0 radical (unpaired) electrons. The predicted molar refractivity (Wildman–Crippen MR) is 73.1 cm³/mol. The number of nitrogens with zero attached hydrogens (tertiary/aromatic N) is 3. The van der Waals surface area contributed by atoms with Crippen LogP contribution in [0.3, 0.4) is 0 Å². The van der Waals surface area contributed by atoms with Crippen molar-refractivity contribution in [3.8, 4) is 11.4 Å². The summed E-state index contributed by atoms with van der Waals surface area (Å²) in [4.78, 5) is 14.8. The summed E-state index contributed by atoms with van der Waals surface area (Å²) in [6.45, 7) is 2.45. The molecule has 0 amide bonds. The van der Waals surface area contributed by atoms with Crippen LogP contribution in [-0.2, 0) is 0 Å². The van der Waals surface area contributed by atoms with E-state index in [-0.39, 0.29) is 17.4 Å². The van der Waals surface area contributed by atoms with Gasteiger partial charge in [0, 0.05) is 12.6 Å². The SMILES string of the molecule is CCCC(CN)c1nc(-c2ccccc2[N+](=O)[O-])no1. The Kier molecular flexibility index (Phi) is 4.41. The third-order valence-corrected chi connectivity index (χ3v) is 3.05. The second kappa shape index (κ2) is 6.25. The molecular weight excluding hydrogens is 260 g/mol. The van der Waals surface area contributed by atoms with Crippen molar-refractivity contribution in [2.45, 2.75) is 25.7 Å².